The van der Waals surface area contributed by atoms with E-state index in [0.717, 1.165) is 32.5 Å². The van der Waals surface area contributed by atoms with Crippen molar-refractivity contribution in [3.8, 4) is 12.0 Å². The van der Waals surface area contributed by atoms with E-state index in [0.29, 0.717) is 55.9 Å². The van der Waals surface area contributed by atoms with Crippen LogP contribution in [0.25, 0.3) is 11.2 Å². The number of nitrogens with two attached hydrogens (primary N) is 1. The summed E-state index contributed by atoms with van der Waals surface area (Å²) in [4.78, 5) is 29.4. The number of nitrogens with zero attached hydrogens (tertiary/aromatic N) is 6. The largest absolute Gasteiger partial charge is 0.468 e. The van der Waals surface area contributed by atoms with Crippen LogP contribution in [0.1, 0.15) is 33.6 Å². The van der Waals surface area contributed by atoms with Gasteiger partial charge in [0.25, 0.3) is 6.01 Å². The van der Waals surface area contributed by atoms with E-state index in [1.54, 1.807) is 12.0 Å². The van der Waals surface area contributed by atoms with Crippen molar-refractivity contribution < 1.29 is 19.0 Å². The molecular weight excluding hydrogens is 414 g/mol. The second-order valence-corrected chi connectivity index (χ2v) is 8.32. The molecule has 0 saturated carbocycles. The monoisotopic (exact) mass is 449 g/mol. The van der Waals surface area contributed by atoms with Crippen molar-refractivity contribution >= 4 is 23.1 Å². The maximum atomic E-state index is 12.2. The molecule has 11 heteroatoms. The highest BCUT2D eigenvalue weighted by Crippen LogP contribution is 2.25. The maximum Gasteiger partial charge on any atom is 0.409 e. The Morgan fingerprint density at radius 1 is 1.12 bits per heavy atom. The number of methoxy groups -OCH3 is 1. The van der Waals surface area contributed by atoms with Gasteiger partial charge in [0.1, 0.15) is 0 Å². The summed E-state index contributed by atoms with van der Waals surface area (Å²) in [5.74, 6) is 0.600. The topological polar surface area (TPSA) is 121 Å². The van der Waals surface area contributed by atoms with Gasteiger partial charge in [-0.15, -0.1) is 0 Å². The molecule has 2 aromatic rings. The molecule has 0 radical (unpaired) electrons. The number of nitrogen functional groups attached to an aromatic ring is 1. The van der Waals surface area contributed by atoms with Gasteiger partial charge >= 0.3 is 12.1 Å². The lowest BCUT2D eigenvalue weighted by atomic mass is 10.2. The zero-order chi connectivity index (χ0) is 23.1. The van der Waals surface area contributed by atoms with Crippen LogP contribution in [-0.4, -0.2) is 88.5 Å². The van der Waals surface area contributed by atoms with Crippen LogP contribution in [0, 0.1) is 5.92 Å². The average Bonchev–Trinajstić information content (AvgIpc) is 3.14. The number of carbonyl (C=O) groups is 1. The number of imidazole rings is 1. The van der Waals surface area contributed by atoms with Crippen molar-refractivity contribution in [3.63, 3.8) is 0 Å². The molecule has 1 fully saturated rings. The predicted molar refractivity (Wildman–Crippen MR) is 121 cm³/mol. The third kappa shape index (κ3) is 5.90. The van der Waals surface area contributed by atoms with Crippen molar-refractivity contribution in [2.24, 2.45) is 5.92 Å². The highest BCUT2D eigenvalue weighted by Gasteiger charge is 2.23. The molecule has 32 heavy (non-hydrogen) atoms. The zero-order valence-electron chi connectivity index (χ0n) is 19.5. The summed E-state index contributed by atoms with van der Waals surface area (Å²) in [6.07, 6.45) is 1.70. The van der Waals surface area contributed by atoms with Crippen molar-refractivity contribution in [1.82, 2.24) is 29.3 Å². The van der Waals surface area contributed by atoms with Crippen LogP contribution in [0.2, 0.25) is 0 Å². The minimum atomic E-state index is -0.233. The molecule has 178 valence electrons. The van der Waals surface area contributed by atoms with E-state index < -0.39 is 0 Å². The third-order valence-corrected chi connectivity index (χ3v) is 5.29. The Morgan fingerprint density at radius 3 is 2.53 bits per heavy atom. The first-order valence-electron chi connectivity index (χ1n) is 11.3. The molecule has 1 aliphatic heterocycles. The number of hydrogen-bond acceptors (Lipinski definition) is 9. The molecule has 0 atom stereocenters. The van der Waals surface area contributed by atoms with Gasteiger partial charge in [0.2, 0.25) is 0 Å². The summed E-state index contributed by atoms with van der Waals surface area (Å²) in [5, 5.41) is 0. The van der Waals surface area contributed by atoms with Crippen molar-refractivity contribution in [3.05, 3.63) is 0 Å². The molecule has 3 heterocycles. The zero-order valence-corrected chi connectivity index (χ0v) is 19.5. The number of fused-ring (bicyclic) bond motifs is 1. The number of piperazine rings is 1. The first kappa shape index (κ1) is 23.8. The Morgan fingerprint density at radius 2 is 1.88 bits per heavy atom. The van der Waals surface area contributed by atoms with Gasteiger partial charge in [0.15, 0.2) is 17.0 Å². The Labute approximate surface area is 188 Å². The second kappa shape index (κ2) is 11.2. The molecule has 1 amide bonds. The van der Waals surface area contributed by atoms with Gasteiger partial charge in [-0.05, 0) is 12.3 Å². The van der Waals surface area contributed by atoms with E-state index in [4.69, 9.17) is 19.9 Å². The Hall–Kier alpha value is -2.82. The predicted octanol–water partition coefficient (Wildman–Crippen LogP) is 2.01. The quantitative estimate of drug-likeness (QED) is 0.543. The standard InChI is InChI=1S/C21H35N7O4/c1-5-6-13-31-19-24-17(22)16-18(25-19)28(20(23-16)30-4)12-9-26-7-10-27(11-8-26)21(29)32-14-15(2)3/h15H,5-14H2,1-4H3,(H2,22,24,25). The van der Waals surface area contributed by atoms with Gasteiger partial charge < -0.3 is 24.8 Å². The van der Waals surface area contributed by atoms with Gasteiger partial charge in [-0.25, -0.2) is 4.79 Å². The van der Waals surface area contributed by atoms with Crippen LogP contribution < -0.4 is 15.2 Å². The van der Waals surface area contributed by atoms with Crippen LogP contribution in [0.15, 0.2) is 0 Å². The molecular formula is C21H35N7O4. The maximum absolute atomic E-state index is 12.2. The number of carbonyl (C=O) groups excluding carboxylic acids is 1. The summed E-state index contributed by atoms with van der Waals surface area (Å²) >= 11 is 0. The van der Waals surface area contributed by atoms with E-state index in [1.165, 1.54) is 0 Å². The highest BCUT2D eigenvalue weighted by molar-refractivity contribution is 5.83. The summed E-state index contributed by atoms with van der Waals surface area (Å²) < 4.78 is 18.3. The van der Waals surface area contributed by atoms with E-state index in [-0.39, 0.29) is 17.9 Å². The van der Waals surface area contributed by atoms with Crippen molar-refractivity contribution in [2.75, 3.05) is 58.8 Å². The summed E-state index contributed by atoms with van der Waals surface area (Å²) in [6.45, 7) is 11.3. The molecule has 2 N–H and O–H groups in total. The molecule has 0 unspecified atom stereocenters. The average molecular weight is 450 g/mol. The van der Waals surface area contributed by atoms with Gasteiger partial charge in [-0.1, -0.05) is 27.2 Å². The number of hydrogen-bond donors (Lipinski definition) is 1. The number of ether oxygens (including phenoxy) is 3. The fourth-order valence-corrected chi connectivity index (χ4v) is 3.44. The normalized spacial score (nSPS) is 14.8. The molecule has 1 saturated heterocycles. The van der Waals surface area contributed by atoms with Crippen LogP contribution >= 0.6 is 0 Å². The minimum Gasteiger partial charge on any atom is -0.468 e. The van der Waals surface area contributed by atoms with Crippen molar-refractivity contribution in [1.29, 1.82) is 0 Å². The molecule has 11 nitrogen and oxygen atoms in total. The van der Waals surface area contributed by atoms with E-state index in [2.05, 4.69) is 26.8 Å². The van der Waals surface area contributed by atoms with Crippen LogP contribution in [-0.2, 0) is 11.3 Å². The SMILES string of the molecule is CCCCOc1nc(N)c2nc(OC)n(CCN3CCN(C(=O)OCC(C)C)CC3)c2n1. The molecule has 3 rings (SSSR count). The van der Waals surface area contributed by atoms with E-state index in [9.17, 15) is 4.79 Å². The molecule has 0 bridgehead atoms. The lowest BCUT2D eigenvalue weighted by Gasteiger charge is -2.34. The van der Waals surface area contributed by atoms with Crippen LogP contribution in [0.4, 0.5) is 10.6 Å². The molecule has 1 aliphatic rings. The molecule has 2 aromatic heterocycles. The number of unbranched alkanes of at least 4 members (excludes halogenated alkanes) is 1. The van der Waals surface area contributed by atoms with Gasteiger partial charge in [-0.3, -0.25) is 9.47 Å². The van der Waals surface area contributed by atoms with E-state index >= 15 is 0 Å². The number of amides is 1. The fourth-order valence-electron chi connectivity index (χ4n) is 3.44. The van der Waals surface area contributed by atoms with Crippen LogP contribution in [0.3, 0.4) is 0 Å². The Kier molecular flexibility index (Phi) is 8.32. The lowest BCUT2D eigenvalue weighted by molar-refractivity contribution is 0.0683. The highest BCUT2D eigenvalue weighted by atomic mass is 16.6. The molecule has 0 aliphatic carbocycles. The smallest absolute Gasteiger partial charge is 0.409 e. The number of anilines is 1. The Bertz CT molecular complexity index is 894. The molecule has 0 aromatic carbocycles. The van der Waals surface area contributed by atoms with Gasteiger partial charge in [0.05, 0.1) is 20.3 Å². The summed E-state index contributed by atoms with van der Waals surface area (Å²) in [5.41, 5.74) is 7.20. The summed E-state index contributed by atoms with van der Waals surface area (Å²) in [6, 6.07) is 0.684. The van der Waals surface area contributed by atoms with E-state index in [1.807, 2.05) is 18.4 Å². The number of aromatic nitrogens is 4. The first-order valence-corrected chi connectivity index (χ1v) is 11.3. The lowest BCUT2D eigenvalue weighted by Crippen LogP contribution is -2.49. The number of rotatable bonds is 10. The first-order chi connectivity index (χ1) is 15.4. The van der Waals surface area contributed by atoms with Gasteiger partial charge in [0, 0.05) is 39.3 Å². The molecule has 0 spiro atoms. The third-order valence-electron chi connectivity index (χ3n) is 5.29. The van der Waals surface area contributed by atoms with Gasteiger partial charge in [-0.2, -0.15) is 15.0 Å². The fraction of sp³-hybridized carbons (Fsp3) is 0.714. The Balaban J connectivity index is 1.62. The van der Waals surface area contributed by atoms with Crippen LogP contribution in [0.5, 0.6) is 12.0 Å². The second-order valence-electron chi connectivity index (χ2n) is 8.32. The minimum absolute atomic E-state index is 0.233. The van der Waals surface area contributed by atoms with Crippen molar-refractivity contribution in [2.45, 2.75) is 40.2 Å². The summed E-state index contributed by atoms with van der Waals surface area (Å²) in [7, 11) is 1.57.